The van der Waals surface area contributed by atoms with Crippen molar-refractivity contribution in [2.24, 2.45) is 0 Å². The second-order valence-corrected chi connectivity index (χ2v) is 5.01. The summed E-state index contributed by atoms with van der Waals surface area (Å²) >= 11 is 0. The van der Waals surface area contributed by atoms with Crippen LogP contribution in [0.5, 0.6) is 0 Å². The first-order valence-electron chi connectivity index (χ1n) is 6.08. The van der Waals surface area contributed by atoms with Gasteiger partial charge in [0.05, 0.1) is 0 Å². The third-order valence-corrected chi connectivity index (χ3v) is 2.94. The second-order valence-electron chi connectivity index (χ2n) is 5.01. The Bertz CT molecular complexity index is 331. The number of nitrogens with one attached hydrogen (secondary N) is 2. The third-order valence-electron chi connectivity index (χ3n) is 2.94. The molecule has 1 rings (SSSR count). The lowest BCUT2D eigenvalue weighted by atomic mass is 9.86. The smallest absolute Gasteiger partial charge is 0.303 e. The molecule has 0 saturated carbocycles. The summed E-state index contributed by atoms with van der Waals surface area (Å²) in [4.78, 5) is 13.4. The number of H-pyrrole nitrogens is 1. The standard InChI is InChI=1S/C13H22N2O2/c1-13(2,11-6-8-14-9-11)10-15-7-4-3-5-12(16)17/h6,8-9,14-15H,3-5,7,10H2,1-2H3,(H,16,17). The molecule has 3 N–H and O–H groups in total. The van der Waals surface area contributed by atoms with E-state index in [9.17, 15) is 4.79 Å². The highest BCUT2D eigenvalue weighted by Crippen LogP contribution is 2.21. The highest BCUT2D eigenvalue weighted by atomic mass is 16.4. The monoisotopic (exact) mass is 238 g/mol. The summed E-state index contributed by atoms with van der Waals surface area (Å²) in [6.45, 7) is 6.17. The van der Waals surface area contributed by atoms with E-state index in [1.807, 2.05) is 12.4 Å². The molecule has 17 heavy (non-hydrogen) atoms. The van der Waals surface area contributed by atoms with Gasteiger partial charge in [0.1, 0.15) is 0 Å². The van der Waals surface area contributed by atoms with Crippen LogP contribution in [0.2, 0.25) is 0 Å². The number of aromatic amines is 1. The van der Waals surface area contributed by atoms with Crippen LogP contribution >= 0.6 is 0 Å². The van der Waals surface area contributed by atoms with Gasteiger partial charge in [-0.25, -0.2) is 0 Å². The Kier molecular flexibility index (Phi) is 5.22. The number of aromatic nitrogens is 1. The van der Waals surface area contributed by atoms with Crippen molar-refractivity contribution in [3.05, 3.63) is 24.0 Å². The van der Waals surface area contributed by atoms with Gasteiger partial charge in [-0.3, -0.25) is 4.79 Å². The van der Waals surface area contributed by atoms with Gasteiger partial charge in [-0.05, 0) is 31.0 Å². The van der Waals surface area contributed by atoms with E-state index in [0.29, 0.717) is 0 Å². The number of carbonyl (C=O) groups is 1. The van der Waals surface area contributed by atoms with Crippen LogP contribution in [0, 0.1) is 0 Å². The molecule has 0 bridgehead atoms. The summed E-state index contributed by atoms with van der Waals surface area (Å²) in [5, 5.41) is 11.9. The highest BCUT2D eigenvalue weighted by Gasteiger charge is 2.19. The fraction of sp³-hybridized carbons (Fsp3) is 0.615. The minimum Gasteiger partial charge on any atom is -0.481 e. The maximum absolute atomic E-state index is 10.3. The Morgan fingerprint density at radius 1 is 1.47 bits per heavy atom. The van der Waals surface area contributed by atoms with E-state index in [4.69, 9.17) is 5.11 Å². The lowest BCUT2D eigenvalue weighted by molar-refractivity contribution is -0.137. The van der Waals surface area contributed by atoms with Crippen molar-refractivity contribution in [2.45, 2.75) is 38.5 Å². The van der Waals surface area contributed by atoms with Crippen LogP contribution in [0.15, 0.2) is 18.5 Å². The fourth-order valence-electron chi connectivity index (χ4n) is 1.77. The van der Waals surface area contributed by atoms with Crippen molar-refractivity contribution in [3.8, 4) is 0 Å². The number of aliphatic carboxylic acids is 1. The quantitative estimate of drug-likeness (QED) is 0.608. The molecule has 1 aromatic rings. The van der Waals surface area contributed by atoms with E-state index in [1.165, 1.54) is 5.56 Å². The van der Waals surface area contributed by atoms with Crippen LogP contribution in [0.4, 0.5) is 0 Å². The molecule has 1 aromatic heterocycles. The van der Waals surface area contributed by atoms with E-state index >= 15 is 0 Å². The van der Waals surface area contributed by atoms with E-state index < -0.39 is 5.97 Å². The predicted octanol–water partition coefficient (Wildman–Crippen LogP) is 2.14. The molecule has 0 aromatic carbocycles. The molecule has 0 unspecified atom stereocenters. The summed E-state index contributed by atoms with van der Waals surface area (Å²) in [7, 11) is 0. The van der Waals surface area contributed by atoms with Gasteiger partial charge in [0, 0.05) is 30.8 Å². The van der Waals surface area contributed by atoms with Gasteiger partial charge in [0.25, 0.3) is 0 Å². The van der Waals surface area contributed by atoms with Gasteiger partial charge in [-0.1, -0.05) is 13.8 Å². The summed E-state index contributed by atoms with van der Waals surface area (Å²) in [6, 6.07) is 2.09. The zero-order chi connectivity index (χ0) is 12.7. The van der Waals surface area contributed by atoms with Crippen molar-refractivity contribution in [1.29, 1.82) is 0 Å². The van der Waals surface area contributed by atoms with Gasteiger partial charge < -0.3 is 15.4 Å². The van der Waals surface area contributed by atoms with Crippen LogP contribution in [-0.2, 0) is 10.2 Å². The van der Waals surface area contributed by atoms with Gasteiger partial charge in [0.2, 0.25) is 0 Å². The first-order valence-corrected chi connectivity index (χ1v) is 6.08. The number of hydrogen-bond donors (Lipinski definition) is 3. The average molecular weight is 238 g/mol. The molecule has 0 aliphatic rings. The normalized spacial score (nSPS) is 11.6. The molecule has 0 radical (unpaired) electrons. The van der Waals surface area contributed by atoms with E-state index in [2.05, 4.69) is 30.2 Å². The van der Waals surface area contributed by atoms with Crippen LogP contribution in [0.25, 0.3) is 0 Å². The minimum atomic E-state index is -0.711. The largest absolute Gasteiger partial charge is 0.481 e. The van der Waals surface area contributed by atoms with E-state index in [0.717, 1.165) is 25.9 Å². The summed E-state index contributed by atoms with van der Waals surface area (Å²) < 4.78 is 0. The Hall–Kier alpha value is -1.29. The number of carboxylic acids is 1. The molecule has 4 heteroatoms. The van der Waals surface area contributed by atoms with Crippen LogP contribution in [0.3, 0.4) is 0 Å². The van der Waals surface area contributed by atoms with Gasteiger partial charge in [-0.15, -0.1) is 0 Å². The topological polar surface area (TPSA) is 65.1 Å². The molecule has 0 aliphatic heterocycles. The molecule has 0 fully saturated rings. The Morgan fingerprint density at radius 3 is 2.82 bits per heavy atom. The molecule has 96 valence electrons. The Balaban J connectivity index is 2.16. The van der Waals surface area contributed by atoms with E-state index in [1.54, 1.807) is 0 Å². The van der Waals surface area contributed by atoms with Crippen molar-refractivity contribution in [2.75, 3.05) is 13.1 Å². The number of rotatable bonds is 8. The lowest BCUT2D eigenvalue weighted by Gasteiger charge is -2.24. The Morgan fingerprint density at radius 2 is 2.24 bits per heavy atom. The molecule has 0 saturated heterocycles. The van der Waals surface area contributed by atoms with Crippen molar-refractivity contribution in [1.82, 2.24) is 10.3 Å². The fourth-order valence-corrected chi connectivity index (χ4v) is 1.77. The van der Waals surface area contributed by atoms with Crippen molar-refractivity contribution >= 4 is 5.97 Å². The first kappa shape index (κ1) is 13.8. The summed E-state index contributed by atoms with van der Waals surface area (Å²) in [5.74, 6) is -0.711. The van der Waals surface area contributed by atoms with Crippen LogP contribution in [0.1, 0.15) is 38.7 Å². The molecule has 0 atom stereocenters. The van der Waals surface area contributed by atoms with Crippen molar-refractivity contribution in [3.63, 3.8) is 0 Å². The first-order chi connectivity index (χ1) is 8.02. The number of carboxylic acid groups (broad SMARTS) is 1. The maximum atomic E-state index is 10.3. The van der Waals surface area contributed by atoms with E-state index in [-0.39, 0.29) is 11.8 Å². The minimum absolute atomic E-state index is 0.104. The van der Waals surface area contributed by atoms with Gasteiger partial charge >= 0.3 is 5.97 Å². The average Bonchev–Trinajstić information content (AvgIpc) is 2.76. The zero-order valence-electron chi connectivity index (χ0n) is 10.6. The highest BCUT2D eigenvalue weighted by molar-refractivity contribution is 5.66. The lowest BCUT2D eigenvalue weighted by Crippen LogP contribution is -2.33. The number of unbranched alkanes of at least 4 members (excludes halogenated alkanes) is 1. The predicted molar refractivity (Wildman–Crippen MR) is 68.2 cm³/mol. The zero-order valence-corrected chi connectivity index (χ0v) is 10.6. The summed E-state index contributed by atoms with van der Waals surface area (Å²) in [6.07, 6.45) is 5.88. The van der Waals surface area contributed by atoms with Gasteiger partial charge in [-0.2, -0.15) is 0 Å². The van der Waals surface area contributed by atoms with Gasteiger partial charge in [0.15, 0.2) is 0 Å². The molecule has 4 nitrogen and oxygen atoms in total. The molecule has 1 heterocycles. The molecule has 0 spiro atoms. The molecule has 0 aliphatic carbocycles. The SMILES string of the molecule is CC(C)(CNCCCCC(=O)O)c1cc[nH]c1. The maximum Gasteiger partial charge on any atom is 0.303 e. The van der Waals surface area contributed by atoms with Crippen molar-refractivity contribution < 1.29 is 9.90 Å². The summed E-state index contributed by atoms with van der Waals surface area (Å²) in [5.41, 5.74) is 1.39. The van der Waals surface area contributed by atoms with Crippen LogP contribution < -0.4 is 5.32 Å². The number of hydrogen-bond acceptors (Lipinski definition) is 2. The molecule has 0 amide bonds. The Labute approximate surface area is 102 Å². The molecular weight excluding hydrogens is 216 g/mol. The van der Waals surface area contributed by atoms with Crippen LogP contribution in [-0.4, -0.2) is 29.1 Å². The molecular formula is C13H22N2O2. The third kappa shape index (κ3) is 5.04. The second kappa shape index (κ2) is 6.45.